The molecule has 0 saturated heterocycles. The Morgan fingerprint density at radius 3 is 0.907 bits per heavy atom. The molecular formula is C69H48N6. The first kappa shape index (κ1) is 44.7. The van der Waals surface area contributed by atoms with Gasteiger partial charge in [0.2, 0.25) is 0 Å². The summed E-state index contributed by atoms with van der Waals surface area (Å²) in [6.45, 7) is 0. The van der Waals surface area contributed by atoms with Gasteiger partial charge in [-0.3, -0.25) is 0 Å². The third-order valence-corrected chi connectivity index (χ3v) is 13.8. The molecule has 13 aromatic rings. The van der Waals surface area contributed by atoms with Crippen LogP contribution in [0.15, 0.2) is 291 Å². The fourth-order valence-electron chi connectivity index (χ4n) is 10.2. The van der Waals surface area contributed by atoms with Gasteiger partial charge in [-0.15, -0.1) is 0 Å². The maximum Gasteiger partial charge on any atom is 0.164 e. The summed E-state index contributed by atoms with van der Waals surface area (Å²) < 4.78 is 2.38. The molecule has 0 saturated carbocycles. The Labute approximate surface area is 436 Å². The fourth-order valence-corrected chi connectivity index (χ4v) is 10.2. The molecule has 13 rings (SSSR count). The summed E-state index contributed by atoms with van der Waals surface area (Å²) in [6.07, 6.45) is 0. The molecule has 0 spiro atoms. The molecule has 6 nitrogen and oxygen atoms in total. The number of fused-ring (bicyclic) bond motifs is 3. The number of hydrogen-bond acceptors (Lipinski definition) is 5. The van der Waals surface area contributed by atoms with Crippen molar-refractivity contribution in [3.05, 3.63) is 291 Å². The van der Waals surface area contributed by atoms with E-state index in [1.54, 1.807) is 0 Å². The van der Waals surface area contributed by atoms with Gasteiger partial charge in [-0.25, -0.2) is 15.0 Å². The minimum Gasteiger partial charge on any atom is -0.311 e. The van der Waals surface area contributed by atoms with Crippen molar-refractivity contribution >= 4 is 55.9 Å². The summed E-state index contributed by atoms with van der Waals surface area (Å²) >= 11 is 0. The lowest BCUT2D eigenvalue weighted by Crippen LogP contribution is -2.09. The standard InChI is InChI=1S/C69H48N6/c1-7-20-51(21-8-1)67-70-68(52-22-9-2-10-23-52)72-69(71-67)55-24-19-33-62(46-55)75-65-44-38-53(49-34-40-60(41-35-49)73(56-25-11-3-12-26-56)57-27-13-4-14-28-57)47-63(65)64-48-54(39-45-66(64)75)50-36-42-61(43-37-50)74(58-29-15-5-16-30-58)59-31-17-6-18-32-59/h1-48H. The zero-order valence-corrected chi connectivity index (χ0v) is 40.9. The van der Waals surface area contributed by atoms with Crippen LogP contribution < -0.4 is 9.80 Å². The van der Waals surface area contributed by atoms with E-state index in [0.717, 1.165) is 101 Å². The maximum absolute atomic E-state index is 5.10. The van der Waals surface area contributed by atoms with E-state index in [-0.39, 0.29) is 0 Å². The molecule has 0 radical (unpaired) electrons. The van der Waals surface area contributed by atoms with Gasteiger partial charge in [-0.1, -0.05) is 182 Å². The first-order valence-electron chi connectivity index (χ1n) is 25.3. The van der Waals surface area contributed by atoms with Gasteiger partial charge in [-0.2, -0.15) is 0 Å². The zero-order chi connectivity index (χ0) is 49.9. The normalized spacial score (nSPS) is 11.2. The largest absolute Gasteiger partial charge is 0.311 e. The Morgan fingerprint density at radius 1 is 0.227 bits per heavy atom. The van der Waals surface area contributed by atoms with Crippen LogP contribution in [0.25, 0.3) is 83.9 Å². The van der Waals surface area contributed by atoms with Gasteiger partial charge in [0, 0.05) is 67.3 Å². The van der Waals surface area contributed by atoms with Crippen LogP contribution in [0.4, 0.5) is 34.1 Å². The highest BCUT2D eigenvalue weighted by Gasteiger charge is 2.19. The van der Waals surface area contributed by atoms with E-state index in [9.17, 15) is 0 Å². The van der Waals surface area contributed by atoms with Crippen molar-refractivity contribution in [2.75, 3.05) is 9.80 Å². The van der Waals surface area contributed by atoms with Gasteiger partial charge >= 0.3 is 0 Å². The number of nitrogens with zero attached hydrogens (tertiary/aromatic N) is 6. The van der Waals surface area contributed by atoms with Gasteiger partial charge in [0.05, 0.1) is 11.0 Å². The van der Waals surface area contributed by atoms with Gasteiger partial charge in [0.15, 0.2) is 17.5 Å². The number of anilines is 6. The maximum atomic E-state index is 5.10. The highest BCUT2D eigenvalue weighted by atomic mass is 15.1. The minimum absolute atomic E-state index is 0.609. The number of rotatable bonds is 12. The van der Waals surface area contributed by atoms with Crippen LogP contribution in [0.3, 0.4) is 0 Å². The lowest BCUT2D eigenvalue weighted by Gasteiger charge is -2.25. The van der Waals surface area contributed by atoms with Crippen molar-refractivity contribution in [3.8, 4) is 62.1 Å². The summed E-state index contributed by atoms with van der Waals surface area (Å²) in [6, 6.07) is 103. The van der Waals surface area contributed by atoms with E-state index in [2.05, 4.69) is 245 Å². The van der Waals surface area contributed by atoms with E-state index in [1.165, 1.54) is 0 Å². The molecule has 2 heterocycles. The lowest BCUT2D eigenvalue weighted by atomic mass is 9.99. The SMILES string of the molecule is c1ccc(-c2nc(-c3ccccc3)nc(-c3cccc(-n4c5ccc(-c6ccc(N(c7ccccc7)c7ccccc7)cc6)cc5c5cc(-c6ccc(N(c7ccccc7)c7ccccc7)cc6)ccc54)c3)n2)cc1. The molecular weight excluding hydrogens is 913 g/mol. The van der Waals surface area contributed by atoms with E-state index < -0.39 is 0 Å². The molecule has 0 aliphatic heterocycles. The molecule has 0 unspecified atom stereocenters. The van der Waals surface area contributed by atoms with Crippen LogP contribution >= 0.6 is 0 Å². The average Bonchev–Trinajstić information content (AvgIpc) is 3.82. The highest BCUT2D eigenvalue weighted by Crippen LogP contribution is 2.41. The van der Waals surface area contributed by atoms with Crippen molar-refractivity contribution in [3.63, 3.8) is 0 Å². The Morgan fingerprint density at radius 2 is 0.533 bits per heavy atom. The van der Waals surface area contributed by atoms with Gasteiger partial charge in [0.1, 0.15) is 0 Å². The molecule has 0 fully saturated rings. The van der Waals surface area contributed by atoms with Crippen molar-refractivity contribution in [2.45, 2.75) is 0 Å². The second-order valence-electron chi connectivity index (χ2n) is 18.5. The van der Waals surface area contributed by atoms with E-state index >= 15 is 0 Å². The van der Waals surface area contributed by atoms with Crippen LogP contribution in [0, 0.1) is 0 Å². The fraction of sp³-hybridized carbons (Fsp3) is 0. The lowest BCUT2D eigenvalue weighted by molar-refractivity contribution is 1.07. The van der Waals surface area contributed by atoms with Crippen LogP contribution in [0.2, 0.25) is 0 Å². The van der Waals surface area contributed by atoms with Crippen molar-refractivity contribution in [1.29, 1.82) is 0 Å². The molecule has 0 aliphatic rings. The molecule has 6 heteroatoms. The molecule has 75 heavy (non-hydrogen) atoms. The molecule has 11 aromatic carbocycles. The summed E-state index contributed by atoms with van der Waals surface area (Å²) in [5.41, 5.74) is 17.1. The molecule has 0 aliphatic carbocycles. The predicted molar refractivity (Wildman–Crippen MR) is 311 cm³/mol. The van der Waals surface area contributed by atoms with E-state index in [4.69, 9.17) is 15.0 Å². The first-order chi connectivity index (χ1) is 37.2. The molecule has 0 atom stereocenters. The van der Waals surface area contributed by atoms with Crippen molar-refractivity contribution < 1.29 is 0 Å². The minimum atomic E-state index is 0.609. The quantitative estimate of drug-likeness (QED) is 0.122. The topological polar surface area (TPSA) is 50.1 Å². The summed E-state index contributed by atoms with van der Waals surface area (Å²) in [7, 11) is 0. The van der Waals surface area contributed by atoms with Crippen molar-refractivity contribution in [2.24, 2.45) is 0 Å². The predicted octanol–water partition coefficient (Wildman–Crippen LogP) is 18.2. The second-order valence-corrected chi connectivity index (χ2v) is 18.5. The van der Waals surface area contributed by atoms with Crippen LogP contribution in [0.1, 0.15) is 0 Å². The highest BCUT2D eigenvalue weighted by molar-refractivity contribution is 6.12. The van der Waals surface area contributed by atoms with Crippen LogP contribution in [-0.4, -0.2) is 19.5 Å². The molecule has 0 N–H and O–H groups in total. The Bertz CT molecular complexity index is 3750. The van der Waals surface area contributed by atoms with Gasteiger partial charge in [0.25, 0.3) is 0 Å². The molecule has 0 bridgehead atoms. The second kappa shape index (κ2) is 19.8. The first-order valence-corrected chi connectivity index (χ1v) is 25.3. The Balaban J connectivity index is 0.935. The molecule has 2 aromatic heterocycles. The number of hydrogen-bond donors (Lipinski definition) is 0. The molecule has 0 amide bonds. The zero-order valence-electron chi connectivity index (χ0n) is 40.9. The monoisotopic (exact) mass is 960 g/mol. The third kappa shape index (κ3) is 8.87. The number of benzene rings is 11. The molecule has 354 valence electrons. The third-order valence-electron chi connectivity index (χ3n) is 13.8. The summed E-state index contributed by atoms with van der Waals surface area (Å²) in [5.74, 6) is 1.87. The summed E-state index contributed by atoms with van der Waals surface area (Å²) in [4.78, 5) is 19.8. The Kier molecular flexibility index (Phi) is 11.8. The number of aromatic nitrogens is 4. The van der Waals surface area contributed by atoms with E-state index in [0.29, 0.717) is 17.5 Å². The summed E-state index contributed by atoms with van der Waals surface area (Å²) in [5, 5.41) is 2.31. The number of para-hydroxylation sites is 4. The Hall–Kier alpha value is -10.2. The van der Waals surface area contributed by atoms with Gasteiger partial charge in [-0.05, 0) is 131 Å². The smallest absolute Gasteiger partial charge is 0.164 e. The average molecular weight is 961 g/mol. The van der Waals surface area contributed by atoms with Crippen LogP contribution in [0.5, 0.6) is 0 Å². The van der Waals surface area contributed by atoms with Crippen LogP contribution in [-0.2, 0) is 0 Å². The van der Waals surface area contributed by atoms with Crippen molar-refractivity contribution in [1.82, 2.24) is 19.5 Å². The van der Waals surface area contributed by atoms with Gasteiger partial charge < -0.3 is 14.4 Å². The van der Waals surface area contributed by atoms with E-state index in [1.807, 2.05) is 60.7 Å².